The van der Waals surface area contributed by atoms with Crippen molar-refractivity contribution in [3.63, 3.8) is 0 Å². The van der Waals surface area contributed by atoms with Gasteiger partial charge >= 0.3 is 0 Å². The van der Waals surface area contributed by atoms with Gasteiger partial charge in [0.25, 0.3) is 0 Å². The van der Waals surface area contributed by atoms with E-state index in [4.69, 9.17) is 26.1 Å². The normalized spacial score (nSPS) is 16.4. The number of nitrogens with one attached hydrogen (secondary N) is 3. The predicted octanol–water partition coefficient (Wildman–Crippen LogP) is 9.06. The summed E-state index contributed by atoms with van der Waals surface area (Å²) < 4.78 is 29.1. The van der Waals surface area contributed by atoms with Gasteiger partial charge in [-0.2, -0.15) is 0 Å². The van der Waals surface area contributed by atoms with E-state index in [2.05, 4.69) is 43.0 Å². The van der Waals surface area contributed by atoms with Crippen molar-refractivity contribution in [2.24, 2.45) is 10.4 Å². The van der Waals surface area contributed by atoms with Crippen molar-refractivity contribution < 1.29 is 38.1 Å². The molecule has 21 heteroatoms. The summed E-state index contributed by atoms with van der Waals surface area (Å²) >= 11 is 9.42. The molecular weight excluding hydrogens is 1060 g/mol. The van der Waals surface area contributed by atoms with Gasteiger partial charge in [-0.25, -0.2) is 9.37 Å². The molecule has 4 aromatic heterocycles. The highest BCUT2D eigenvalue weighted by Crippen LogP contribution is 2.40. The summed E-state index contributed by atoms with van der Waals surface area (Å²) in [5.74, 6) is -0.836. The molecule has 4 amide bonds. The highest BCUT2D eigenvalue weighted by atomic mass is 35.5. The smallest absolute Gasteiger partial charge is 0.246 e. The number of amides is 4. The molecule has 7 aromatic rings. The average Bonchev–Trinajstić information content (AvgIpc) is 4.40. The Hall–Kier alpha value is -7.23. The zero-order valence-electron chi connectivity index (χ0n) is 44.2. The molecule has 0 spiro atoms. The number of β-amino-alcohol motifs (C(OH)–C–C–N with tert-alkyl or cyclic N) is 1. The van der Waals surface area contributed by atoms with Crippen LogP contribution in [0.2, 0.25) is 5.02 Å². The monoisotopic (exact) mass is 1110 g/mol. The molecule has 2 aliphatic rings. The van der Waals surface area contributed by atoms with Gasteiger partial charge < -0.3 is 35.4 Å². The molecule has 4 N–H and O–H groups in total. The first-order valence-corrected chi connectivity index (χ1v) is 27.6. The molecule has 406 valence electrons. The van der Waals surface area contributed by atoms with Crippen LogP contribution in [0.15, 0.2) is 95.6 Å². The first-order chi connectivity index (χ1) is 37.3. The maximum absolute atomic E-state index is 15.7. The van der Waals surface area contributed by atoms with Crippen molar-refractivity contribution in [2.75, 3.05) is 31.7 Å². The molecule has 6 heterocycles. The standard InChI is InChI=1S/C57H60ClFN10O7S2/c1-31-33(3)78-56-49(31)50(36-13-16-39(58)17-14-36)64-45(53-67-66-34(4)69(53)56)25-47(71)63-44-19-15-38(23-42(44)59)43-20-18-41(27-60-43)76-22-8-21-75-29-48(72)65-52(57(5,6)7)55(74)68-28-40(70)24-46(68)54(73)61-26-35-9-11-37(12-10-35)51-32(2)62-30-77-51/h9-20,23,27,30,40,45-46,52,70H,8,21-22,24-26,28-29H2,1-7H3,(H,61,73)(H,63,71)(H,65,72)/t40-,45+,46+,52?/m1/s1. The number of pyridine rings is 1. The zero-order valence-corrected chi connectivity index (χ0v) is 46.6. The highest BCUT2D eigenvalue weighted by molar-refractivity contribution is 7.15. The van der Waals surface area contributed by atoms with Crippen molar-refractivity contribution in [3.8, 4) is 32.4 Å². The fraction of sp³-hybridized carbons (Fsp3) is 0.351. The molecule has 1 saturated heterocycles. The van der Waals surface area contributed by atoms with Gasteiger partial charge in [-0.05, 0) is 86.2 Å². The number of aromatic nitrogens is 5. The average molecular weight is 1120 g/mol. The number of carbonyl (C=O) groups excluding carboxylic acids is 4. The molecule has 1 unspecified atom stereocenters. The topological polar surface area (TPSA) is 215 Å². The van der Waals surface area contributed by atoms with E-state index in [0.717, 1.165) is 48.3 Å². The number of ether oxygens (including phenoxy) is 2. The van der Waals surface area contributed by atoms with Gasteiger partial charge in [0.05, 0.1) is 65.1 Å². The van der Waals surface area contributed by atoms with Gasteiger partial charge in [-0.3, -0.25) is 33.7 Å². The number of benzene rings is 3. The molecule has 1 fully saturated rings. The highest BCUT2D eigenvalue weighted by Gasteiger charge is 2.44. The molecule has 2 aliphatic heterocycles. The fourth-order valence-electron chi connectivity index (χ4n) is 9.42. The number of hydrogen-bond acceptors (Lipinski definition) is 14. The van der Waals surface area contributed by atoms with Gasteiger partial charge in [0.15, 0.2) is 5.82 Å². The minimum Gasteiger partial charge on any atom is -0.492 e. The summed E-state index contributed by atoms with van der Waals surface area (Å²) in [5, 5.41) is 29.4. The van der Waals surface area contributed by atoms with Crippen molar-refractivity contribution >= 4 is 69.3 Å². The molecule has 78 heavy (non-hydrogen) atoms. The lowest BCUT2D eigenvalue weighted by Crippen LogP contribution is -2.58. The minimum atomic E-state index is -1.00. The Labute approximate surface area is 464 Å². The Morgan fingerprint density at radius 3 is 2.35 bits per heavy atom. The number of aliphatic imine (C=N–C) groups is 1. The van der Waals surface area contributed by atoms with Gasteiger partial charge in [0, 0.05) is 52.5 Å². The van der Waals surface area contributed by atoms with E-state index < -0.39 is 59.1 Å². The number of thiophene rings is 1. The number of thiazole rings is 1. The number of hydrogen-bond donors (Lipinski definition) is 4. The molecular formula is C57H60ClFN10O7S2. The predicted molar refractivity (Wildman–Crippen MR) is 299 cm³/mol. The largest absolute Gasteiger partial charge is 0.492 e. The summed E-state index contributed by atoms with van der Waals surface area (Å²) in [6.45, 7) is 13.7. The van der Waals surface area contributed by atoms with Gasteiger partial charge in [-0.1, -0.05) is 74.8 Å². The number of halogens is 2. The lowest BCUT2D eigenvalue weighted by atomic mass is 9.85. The number of aryl methyl sites for hydroxylation is 3. The third kappa shape index (κ3) is 12.5. The molecule has 0 saturated carbocycles. The molecule has 4 atom stereocenters. The Balaban J connectivity index is 0.730. The van der Waals surface area contributed by atoms with E-state index in [1.54, 1.807) is 58.5 Å². The Morgan fingerprint density at radius 2 is 1.65 bits per heavy atom. The molecule has 0 aliphatic carbocycles. The summed E-state index contributed by atoms with van der Waals surface area (Å²) in [4.78, 5) is 71.8. The number of fused-ring (bicyclic) bond motifs is 3. The van der Waals surface area contributed by atoms with Crippen molar-refractivity contribution in [1.29, 1.82) is 0 Å². The van der Waals surface area contributed by atoms with E-state index in [1.807, 2.05) is 82.5 Å². The number of carbonyl (C=O) groups is 4. The van der Waals surface area contributed by atoms with E-state index >= 15 is 4.39 Å². The molecule has 17 nitrogen and oxygen atoms in total. The van der Waals surface area contributed by atoms with Gasteiger partial charge in [-0.15, -0.1) is 32.9 Å². The number of nitrogens with zero attached hydrogens (tertiary/aromatic N) is 7. The van der Waals surface area contributed by atoms with Crippen LogP contribution in [0.4, 0.5) is 10.1 Å². The van der Waals surface area contributed by atoms with E-state index in [0.29, 0.717) is 45.8 Å². The second-order valence-corrected chi connectivity index (χ2v) is 22.9. The van der Waals surface area contributed by atoms with Gasteiger partial charge in [0.2, 0.25) is 23.6 Å². The van der Waals surface area contributed by atoms with Crippen LogP contribution in [-0.2, 0) is 30.5 Å². The lowest BCUT2D eigenvalue weighted by molar-refractivity contribution is -0.144. The number of aliphatic hydroxyl groups excluding tert-OH is 1. The third-order valence-corrected chi connectivity index (χ3v) is 16.1. The summed E-state index contributed by atoms with van der Waals surface area (Å²) in [5.41, 5.74) is 8.45. The van der Waals surface area contributed by atoms with E-state index in [9.17, 15) is 24.3 Å². The Bertz CT molecular complexity index is 3370. The maximum atomic E-state index is 15.7. The van der Waals surface area contributed by atoms with Gasteiger partial charge in [0.1, 0.15) is 47.1 Å². The van der Waals surface area contributed by atoms with Crippen LogP contribution in [0.25, 0.3) is 26.7 Å². The second-order valence-electron chi connectivity index (χ2n) is 20.4. The summed E-state index contributed by atoms with van der Waals surface area (Å²) in [7, 11) is 0. The number of likely N-dealkylation sites (tertiary alicyclic amines) is 1. The minimum absolute atomic E-state index is 0.000295. The number of rotatable bonds is 18. The second kappa shape index (κ2) is 23.8. The quantitative estimate of drug-likeness (QED) is 0.0595. The van der Waals surface area contributed by atoms with Crippen LogP contribution in [0.3, 0.4) is 0 Å². The van der Waals surface area contributed by atoms with Crippen LogP contribution in [0.5, 0.6) is 5.75 Å². The van der Waals surface area contributed by atoms with Crippen LogP contribution < -0.4 is 20.7 Å². The molecule has 0 bridgehead atoms. The van der Waals surface area contributed by atoms with Crippen molar-refractivity contribution in [2.45, 2.75) is 98.5 Å². The Kier molecular flexibility index (Phi) is 16.9. The third-order valence-electron chi connectivity index (χ3n) is 13.7. The Morgan fingerprint density at radius 1 is 0.910 bits per heavy atom. The van der Waals surface area contributed by atoms with E-state index in [1.165, 1.54) is 23.2 Å². The molecule has 3 aromatic carbocycles. The fourth-order valence-corrected chi connectivity index (χ4v) is 11.6. The maximum Gasteiger partial charge on any atom is 0.246 e. The number of aliphatic hydroxyl groups is 1. The zero-order chi connectivity index (χ0) is 55.4. The summed E-state index contributed by atoms with van der Waals surface area (Å²) in [6, 6.07) is 20.5. The summed E-state index contributed by atoms with van der Waals surface area (Å²) in [6.07, 6.45) is 0.999. The lowest BCUT2D eigenvalue weighted by Gasteiger charge is -2.35. The van der Waals surface area contributed by atoms with Crippen molar-refractivity contribution in [1.82, 2.24) is 40.3 Å². The van der Waals surface area contributed by atoms with Crippen LogP contribution in [0, 0.1) is 38.9 Å². The molecule has 0 radical (unpaired) electrons. The SMILES string of the molecule is Cc1ncsc1-c1ccc(CNC(=O)[C@@H]2C[C@@H](O)CN2C(=O)C(NC(=O)COCCCOc2ccc(-c3ccc(NC(=O)C[C@@H]4N=C(c5ccc(Cl)cc5)c5c(sc(C)c5C)-n5c(C)nnc54)c(F)c3)nc2)C(C)(C)C)cc1. The van der Waals surface area contributed by atoms with Crippen molar-refractivity contribution in [3.05, 3.63) is 146 Å². The first-order valence-electron chi connectivity index (χ1n) is 25.5. The van der Waals surface area contributed by atoms with E-state index in [-0.39, 0.29) is 51.4 Å². The van der Waals surface area contributed by atoms with Crippen LogP contribution >= 0.6 is 34.3 Å². The number of anilines is 1. The molecule has 9 rings (SSSR count). The van der Waals surface area contributed by atoms with Crippen LogP contribution in [-0.4, -0.2) is 109 Å². The van der Waals surface area contributed by atoms with Crippen LogP contribution in [0.1, 0.15) is 90.5 Å². The first kappa shape index (κ1) is 55.5.